The third-order valence-corrected chi connectivity index (χ3v) is 4.61. The van der Waals surface area contributed by atoms with Crippen LogP contribution in [0.15, 0.2) is 41.6 Å². The fourth-order valence-electron chi connectivity index (χ4n) is 2.81. The Labute approximate surface area is 162 Å². The highest BCUT2D eigenvalue weighted by molar-refractivity contribution is 6.34. The number of benzene rings is 2. The number of nitrogens with zero attached hydrogens (tertiary/aromatic N) is 2. The average molecular weight is 422 g/mol. The molecule has 2 aromatic rings. The smallest absolute Gasteiger partial charge is 0.374 e. The quantitative estimate of drug-likeness (QED) is 0.429. The monoisotopic (exact) mass is 421 g/mol. The molecule has 0 radical (unpaired) electrons. The maximum Gasteiger partial charge on any atom is 0.435 e. The molecule has 144 valence electrons. The minimum Gasteiger partial charge on any atom is -0.374 e. The zero-order chi connectivity index (χ0) is 20.0. The molecule has 27 heavy (non-hydrogen) atoms. The molecule has 2 aromatic carbocycles. The van der Waals surface area contributed by atoms with Gasteiger partial charge in [-0.3, -0.25) is 0 Å². The molecule has 1 aliphatic rings. The van der Waals surface area contributed by atoms with Crippen LogP contribution in [0.3, 0.4) is 0 Å². The summed E-state index contributed by atoms with van der Waals surface area (Å²) in [7, 11) is 1.41. The maximum atomic E-state index is 14.0. The van der Waals surface area contributed by atoms with E-state index in [9.17, 15) is 17.6 Å². The zero-order valence-corrected chi connectivity index (χ0v) is 15.3. The average Bonchev–Trinajstić information content (AvgIpc) is 3.00. The number of hydrogen-bond acceptors (Lipinski definition) is 4. The number of anilines is 1. The van der Waals surface area contributed by atoms with Gasteiger partial charge >= 0.3 is 6.18 Å². The van der Waals surface area contributed by atoms with Crippen LogP contribution in [0.25, 0.3) is 0 Å². The number of alkyl halides is 3. The van der Waals surface area contributed by atoms with E-state index in [-0.39, 0.29) is 32.6 Å². The van der Waals surface area contributed by atoms with E-state index in [1.807, 2.05) is 0 Å². The SMILES string of the molecule is CN(N)c1cc(C2=NOC(c3cc(Cl)cc(Cl)c3)(C(F)(F)F)C2)ccc1F. The van der Waals surface area contributed by atoms with E-state index in [0.717, 1.165) is 23.2 Å². The Balaban J connectivity index is 2.04. The number of hydrazine groups is 1. The van der Waals surface area contributed by atoms with Gasteiger partial charge in [-0.1, -0.05) is 28.4 Å². The summed E-state index contributed by atoms with van der Waals surface area (Å²) >= 11 is 11.7. The van der Waals surface area contributed by atoms with Crippen molar-refractivity contribution in [2.45, 2.75) is 18.2 Å². The van der Waals surface area contributed by atoms with E-state index >= 15 is 0 Å². The number of rotatable bonds is 3. The van der Waals surface area contributed by atoms with Crippen molar-refractivity contribution in [1.29, 1.82) is 0 Å². The van der Waals surface area contributed by atoms with Crippen molar-refractivity contribution >= 4 is 34.6 Å². The molecule has 0 aliphatic carbocycles. The van der Waals surface area contributed by atoms with Crippen molar-refractivity contribution < 1.29 is 22.4 Å². The Morgan fingerprint density at radius 1 is 1.15 bits per heavy atom. The molecule has 0 amide bonds. The predicted molar refractivity (Wildman–Crippen MR) is 95.4 cm³/mol. The third kappa shape index (κ3) is 3.56. The van der Waals surface area contributed by atoms with Gasteiger partial charge in [0.2, 0.25) is 0 Å². The lowest BCUT2D eigenvalue weighted by Gasteiger charge is -2.29. The van der Waals surface area contributed by atoms with Crippen LogP contribution in [-0.2, 0) is 10.4 Å². The van der Waals surface area contributed by atoms with Gasteiger partial charge in [0, 0.05) is 34.6 Å². The fourth-order valence-corrected chi connectivity index (χ4v) is 3.33. The molecule has 1 unspecified atom stereocenters. The molecule has 0 spiro atoms. The molecule has 0 saturated heterocycles. The zero-order valence-electron chi connectivity index (χ0n) is 13.8. The van der Waals surface area contributed by atoms with Gasteiger partial charge in [0.05, 0.1) is 11.4 Å². The van der Waals surface area contributed by atoms with Crippen molar-refractivity contribution in [3.63, 3.8) is 0 Å². The number of oxime groups is 1. The Morgan fingerprint density at radius 2 is 1.78 bits per heavy atom. The lowest BCUT2D eigenvalue weighted by atomic mass is 9.86. The molecule has 0 saturated carbocycles. The number of nitrogens with two attached hydrogens (primary N) is 1. The Morgan fingerprint density at radius 3 is 2.33 bits per heavy atom. The van der Waals surface area contributed by atoms with E-state index in [1.54, 1.807) is 0 Å². The number of hydrogen-bond donors (Lipinski definition) is 1. The Hall–Kier alpha value is -2.03. The summed E-state index contributed by atoms with van der Waals surface area (Å²) in [4.78, 5) is 4.91. The molecule has 3 rings (SSSR count). The van der Waals surface area contributed by atoms with Crippen molar-refractivity contribution in [3.8, 4) is 0 Å². The van der Waals surface area contributed by atoms with E-state index in [0.29, 0.717) is 0 Å². The van der Waals surface area contributed by atoms with Crippen LogP contribution >= 0.6 is 23.2 Å². The van der Waals surface area contributed by atoms with Gasteiger partial charge in [0.25, 0.3) is 5.60 Å². The second-order valence-corrected chi connectivity index (χ2v) is 6.94. The van der Waals surface area contributed by atoms with Gasteiger partial charge in [-0.2, -0.15) is 13.2 Å². The van der Waals surface area contributed by atoms with Crippen molar-refractivity contribution in [1.82, 2.24) is 0 Å². The molecule has 0 bridgehead atoms. The molecule has 0 fully saturated rings. The third-order valence-electron chi connectivity index (χ3n) is 4.17. The van der Waals surface area contributed by atoms with Crippen LogP contribution in [0.1, 0.15) is 17.5 Å². The highest BCUT2D eigenvalue weighted by Crippen LogP contribution is 2.49. The first-order valence-corrected chi connectivity index (χ1v) is 8.36. The lowest BCUT2D eigenvalue weighted by molar-refractivity contribution is -0.275. The van der Waals surface area contributed by atoms with Crippen molar-refractivity contribution in [2.24, 2.45) is 11.0 Å². The summed E-state index contributed by atoms with van der Waals surface area (Å²) in [5.41, 5.74) is -2.77. The molecular formula is C17H13Cl2F4N3O. The van der Waals surface area contributed by atoms with Crippen LogP contribution in [0.4, 0.5) is 23.2 Å². The first kappa shape index (κ1) is 19.7. The fraction of sp³-hybridized carbons (Fsp3) is 0.235. The topological polar surface area (TPSA) is 50.8 Å². The van der Waals surface area contributed by atoms with Gasteiger partial charge in [-0.25, -0.2) is 10.2 Å². The van der Waals surface area contributed by atoms with Gasteiger partial charge in [0.1, 0.15) is 5.82 Å². The maximum absolute atomic E-state index is 14.0. The van der Waals surface area contributed by atoms with Crippen LogP contribution in [-0.4, -0.2) is 18.9 Å². The largest absolute Gasteiger partial charge is 0.435 e. The van der Waals surface area contributed by atoms with Crippen molar-refractivity contribution in [2.75, 3.05) is 12.1 Å². The minimum atomic E-state index is -4.81. The van der Waals surface area contributed by atoms with E-state index < -0.39 is 24.0 Å². The summed E-state index contributed by atoms with van der Waals surface area (Å²) < 4.78 is 55.7. The molecule has 1 atom stereocenters. The first-order valence-electron chi connectivity index (χ1n) is 7.60. The summed E-state index contributed by atoms with van der Waals surface area (Å²) in [6.45, 7) is 0. The van der Waals surface area contributed by atoms with Crippen LogP contribution in [0, 0.1) is 5.82 Å². The molecule has 10 heteroatoms. The van der Waals surface area contributed by atoms with E-state index in [1.165, 1.54) is 25.2 Å². The van der Waals surface area contributed by atoms with Gasteiger partial charge in [-0.15, -0.1) is 0 Å². The summed E-state index contributed by atoms with van der Waals surface area (Å²) in [6.07, 6.45) is -5.44. The summed E-state index contributed by atoms with van der Waals surface area (Å²) in [6, 6.07) is 7.28. The first-order chi connectivity index (χ1) is 12.5. The van der Waals surface area contributed by atoms with Gasteiger partial charge in [-0.05, 0) is 36.4 Å². The molecular weight excluding hydrogens is 409 g/mol. The highest BCUT2D eigenvalue weighted by Gasteiger charge is 2.62. The van der Waals surface area contributed by atoms with Gasteiger partial charge < -0.3 is 9.85 Å². The van der Waals surface area contributed by atoms with E-state index in [4.69, 9.17) is 33.9 Å². The standard InChI is InChI=1S/C17H13Cl2F4N3O/c1-26(24)15-4-9(2-3-13(15)20)14-8-16(27-25-14,17(21,22)23)10-5-11(18)7-12(19)6-10/h2-7H,8,24H2,1H3. The van der Waals surface area contributed by atoms with E-state index in [2.05, 4.69) is 5.16 Å². The second kappa shape index (κ2) is 6.85. The molecule has 1 aliphatic heterocycles. The number of halogens is 6. The Bertz CT molecular complexity index is 897. The van der Waals surface area contributed by atoms with Crippen molar-refractivity contribution in [3.05, 3.63) is 63.4 Å². The molecule has 0 aromatic heterocycles. The molecule has 2 N–H and O–H groups in total. The highest BCUT2D eigenvalue weighted by atomic mass is 35.5. The van der Waals surface area contributed by atoms with Crippen LogP contribution in [0.5, 0.6) is 0 Å². The van der Waals surface area contributed by atoms with Crippen LogP contribution in [0.2, 0.25) is 10.0 Å². The van der Waals surface area contributed by atoms with Gasteiger partial charge in [0.15, 0.2) is 0 Å². The second-order valence-electron chi connectivity index (χ2n) is 6.07. The minimum absolute atomic E-state index is 0.00510. The molecule has 1 heterocycles. The summed E-state index contributed by atoms with van der Waals surface area (Å²) in [5, 5.41) is 4.71. The van der Waals surface area contributed by atoms with Crippen LogP contribution < -0.4 is 10.9 Å². The normalized spacial score (nSPS) is 19.6. The predicted octanol–water partition coefficient (Wildman–Crippen LogP) is 5.02. The Kier molecular flexibility index (Phi) is 5.00. The lowest BCUT2D eigenvalue weighted by Crippen LogP contribution is -2.42. The molecule has 4 nitrogen and oxygen atoms in total. The summed E-state index contributed by atoms with van der Waals surface area (Å²) in [5.74, 6) is 4.92.